The van der Waals surface area contributed by atoms with Crippen molar-refractivity contribution in [3.63, 3.8) is 0 Å². The van der Waals surface area contributed by atoms with Gasteiger partial charge < -0.3 is 29.6 Å². The quantitative estimate of drug-likeness (QED) is 0.518. The van der Waals surface area contributed by atoms with Crippen molar-refractivity contribution in [3.05, 3.63) is 47.9 Å². The molecule has 0 radical (unpaired) electrons. The van der Waals surface area contributed by atoms with Gasteiger partial charge in [0, 0.05) is 13.1 Å². The van der Waals surface area contributed by atoms with Crippen LogP contribution in [-0.4, -0.2) is 37.5 Å². The fourth-order valence-electron chi connectivity index (χ4n) is 2.66. The second-order valence-electron chi connectivity index (χ2n) is 6.31. The minimum Gasteiger partial charge on any atom is -0.466 e. The van der Waals surface area contributed by atoms with Crippen molar-refractivity contribution in [2.24, 2.45) is 4.99 Å². The number of benzene rings is 1. The Kier molecular flexibility index (Phi) is 5.68. The van der Waals surface area contributed by atoms with Gasteiger partial charge in [-0.2, -0.15) is 0 Å². The molecule has 2 heterocycles. The molecule has 7 nitrogen and oxygen atoms in total. The van der Waals surface area contributed by atoms with Crippen molar-refractivity contribution in [2.75, 3.05) is 26.4 Å². The summed E-state index contributed by atoms with van der Waals surface area (Å²) in [6, 6.07) is 9.45. The minimum atomic E-state index is -1.15. The number of fused-ring (bicyclic) bond motifs is 1. The summed E-state index contributed by atoms with van der Waals surface area (Å²) >= 11 is 0. The minimum absolute atomic E-state index is 0.194. The lowest BCUT2D eigenvalue weighted by molar-refractivity contribution is 0.0437. The summed E-state index contributed by atoms with van der Waals surface area (Å²) < 4.78 is 16.0. The van der Waals surface area contributed by atoms with E-state index in [0.717, 1.165) is 30.0 Å². The predicted octanol–water partition coefficient (Wildman–Crippen LogP) is 2.01. The van der Waals surface area contributed by atoms with E-state index in [1.54, 1.807) is 25.3 Å². The first-order valence-corrected chi connectivity index (χ1v) is 8.75. The molecule has 0 saturated heterocycles. The zero-order valence-electron chi connectivity index (χ0n) is 15.1. The van der Waals surface area contributed by atoms with Crippen LogP contribution >= 0.6 is 0 Å². The first-order valence-electron chi connectivity index (χ1n) is 8.75. The molecule has 3 N–H and O–H groups in total. The molecule has 1 aromatic carbocycles. The van der Waals surface area contributed by atoms with Crippen molar-refractivity contribution < 1.29 is 19.0 Å². The van der Waals surface area contributed by atoms with Crippen molar-refractivity contribution in [2.45, 2.75) is 25.9 Å². The van der Waals surface area contributed by atoms with Crippen LogP contribution in [0.4, 0.5) is 0 Å². The van der Waals surface area contributed by atoms with Crippen LogP contribution in [0.1, 0.15) is 25.2 Å². The van der Waals surface area contributed by atoms with E-state index >= 15 is 0 Å². The van der Waals surface area contributed by atoms with Gasteiger partial charge in [0.15, 0.2) is 17.5 Å². The Morgan fingerprint density at radius 3 is 2.85 bits per heavy atom. The first kappa shape index (κ1) is 18.1. The SMILES string of the molecule is CCNC(=NCC(C)(O)c1ccco1)NCCc1ccc2c(c1)OCO2. The van der Waals surface area contributed by atoms with Crippen LogP contribution in [-0.2, 0) is 12.0 Å². The van der Waals surface area contributed by atoms with Crippen molar-refractivity contribution in [1.29, 1.82) is 0 Å². The van der Waals surface area contributed by atoms with Crippen LogP contribution in [0.15, 0.2) is 46.0 Å². The number of nitrogens with one attached hydrogen (secondary N) is 2. The summed E-state index contributed by atoms with van der Waals surface area (Å²) in [4.78, 5) is 4.47. The molecule has 0 bridgehead atoms. The molecule has 1 unspecified atom stereocenters. The third-order valence-corrected chi connectivity index (χ3v) is 4.08. The second kappa shape index (κ2) is 8.14. The molecule has 7 heteroatoms. The van der Waals surface area contributed by atoms with Crippen molar-refractivity contribution in [1.82, 2.24) is 10.6 Å². The molecule has 0 amide bonds. The zero-order chi connectivity index (χ0) is 18.4. The lowest BCUT2D eigenvalue weighted by Crippen LogP contribution is -2.39. The number of rotatable bonds is 7. The van der Waals surface area contributed by atoms with Crippen LogP contribution in [0.2, 0.25) is 0 Å². The molecule has 140 valence electrons. The van der Waals surface area contributed by atoms with E-state index in [-0.39, 0.29) is 13.3 Å². The molecule has 0 fully saturated rings. The molecule has 1 aliphatic rings. The largest absolute Gasteiger partial charge is 0.466 e. The predicted molar refractivity (Wildman–Crippen MR) is 98.5 cm³/mol. The van der Waals surface area contributed by atoms with Gasteiger partial charge in [0.2, 0.25) is 6.79 Å². The molecule has 0 spiro atoms. The summed E-state index contributed by atoms with van der Waals surface area (Å²) in [5.74, 6) is 2.73. The zero-order valence-corrected chi connectivity index (χ0v) is 15.1. The number of ether oxygens (including phenoxy) is 2. The van der Waals surface area contributed by atoms with E-state index in [9.17, 15) is 5.11 Å². The number of guanidine groups is 1. The van der Waals surface area contributed by atoms with Gasteiger partial charge >= 0.3 is 0 Å². The summed E-state index contributed by atoms with van der Waals surface area (Å²) in [6.07, 6.45) is 2.36. The fourth-order valence-corrected chi connectivity index (χ4v) is 2.66. The summed E-state index contributed by atoms with van der Waals surface area (Å²) in [5, 5.41) is 17.0. The van der Waals surface area contributed by atoms with Gasteiger partial charge in [-0.3, -0.25) is 0 Å². The molecule has 3 rings (SSSR count). The van der Waals surface area contributed by atoms with Crippen molar-refractivity contribution in [3.8, 4) is 11.5 Å². The Balaban J connectivity index is 1.54. The van der Waals surface area contributed by atoms with Crippen LogP contribution in [0.5, 0.6) is 11.5 Å². The maximum Gasteiger partial charge on any atom is 0.231 e. The van der Waals surface area contributed by atoms with E-state index in [2.05, 4.69) is 15.6 Å². The van der Waals surface area contributed by atoms with Gasteiger partial charge in [-0.25, -0.2) is 4.99 Å². The number of aliphatic imine (C=N–C) groups is 1. The van der Waals surface area contributed by atoms with Gasteiger partial charge in [0.1, 0.15) is 11.4 Å². The molecule has 0 saturated carbocycles. The first-order chi connectivity index (χ1) is 12.6. The number of hydrogen-bond acceptors (Lipinski definition) is 5. The van der Waals surface area contributed by atoms with E-state index in [4.69, 9.17) is 13.9 Å². The van der Waals surface area contributed by atoms with Gasteiger partial charge in [0.25, 0.3) is 0 Å². The smallest absolute Gasteiger partial charge is 0.231 e. The average Bonchev–Trinajstić information content (AvgIpc) is 3.31. The van der Waals surface area contributed by atoms with E-state index < -0.39 is 5.60 Å². The summed E-state index contributed by atoms with van der Waals surface area (Å²) in [6.45, 7) is 5.60. The molecule has 1 aliphatic heterocycles. The molecule has 1 aromatic heterocycles. The third-order valence-electron chi connectivity index (χ3n) is 4.08. The number of nitrogens with zero attached hydrogens (tertiary/aromatic N) is 1. The maximum atomic E-state index is 10.5. The van der Waals surface area contributed by atoms with E-state index in [0.29, 0.717) is 18.3 Å². The van der Waals surface area contributed by atoms with Crippen LogP contribution in [0, 0.1) is 0 Å². The van der Waals surface area contributed by atoms with E-state index in [1.807, 2.05) is 25.1 Å². The Morgan fingerprint density at radius 2 is 2.08 bits per heavy atom. The van der Waals surface area contributed by atoms with Crippen molar-refractivity contribution >= 4 is 5.96 Å². The summed E-state index contributed by atoms with van der Waals surface area (Å²) in [7, 11) is 0. The molecule has 0 aliphatic carbocycles. The second-order valence-corrected chi connectivity index (χ2v) is 6.31. The fraction of sp³-hybridized carbons (Fsp3) is 0.421. The normalized spacial score (nSPS) is 15.6. The Labute approximate surface area is 153 Å². The van der Waals surface area contributed by atoms with Gasteiger partial charge in [0.05, 0.1) is 12.8 Å². The molecular weight excluding hydrogens is 334 g/mol. The lowest BCUT2D eigenvalue weighted by atomic mass is 10.0. The van der Waals surface area contributed by atoms with Gasteiger partial charge in [-0.1, -0.05) is 6.07 Å². The van der Waals surface area contributed by atoms with E-state index in [1.165, 1.54) is 0 Å². The monoisotopic (exact) mass is 359 g/mol. The standard InChI is InChI=1S/C19H25N3O4/c1-3-20-18(22-12-19(2,23)17-5-4-10-24-17)21-9-8-14-6-7-15-16(11-14)26-13-25-15/h4-7,10-11,23H,3,8-9,12-13H2,1-2H3,(H2,20,21,22). The third kappa shape index (κ3) is 4.49. The Morgan fingerprint density at radius 1 is 1.23 bits per heavy atom. The molecule has 1 atom stereocenters. The summed E-state index contributed by atoms with van der Waals surface area (Å²) in [5.41, 5.74) is 0.00332. The maximum absolute atomic E-state index is 10.5. The highest BCUT2D eigenvalue weighted by Gasteiger charge is 2.26. The average molecular weight is 359 g/mol. The molecule has 2 aromatic rings. The lowest BCUT2D eigenvalue weighted by Gasteiger charge is -2.19. The topological polar surface area (TPSA) is 88.3 Å². The molecule has 26 heavy (non-hydrogen) atoms. The highest BCUT2D eigenvalue weighted by molar-refractivity contribution is 5.79. The van der Waals surface area contributed by atoms with Gasteiger partial charge in [-0.05, 0) is 50.1 Å². The molecular formula is C19H25N3O4. The number of hydrogen-bond donors (Lipinski definition) is 3. The Bertz CT molecular complexity index is 741. The highest BCUT2D eigenvalue weighted by atomic mass is 16.7. The van der Waals surface area contributed by atoms with Gasteiger partial charge in [-0.15, -0.1) is 0 Å². The highest BCUT2D eigenvalue weighted by Crippen LogP contribution is 2.32. The van der Waals surface area contributed by atoms with Crippen LogP contribution < -0.4 is 20.1 Å². The van der Waals surface area contributed by atoms with Crippen LogP contribution in [0.25, 0.3) is 0 Å². The number of aliphatic hydroxyl groups is 1. The van der Waals surface area contributed by atoms with Crippen LogP contribution in [0.3, 0.4) is 0 Å². The number of furan rings is 1. The Hall–Kier alpha value is -2.67.